The first-order valence-electron chi connectivity index (χ1n) is 6.81. The van der Waals surface area contributed by atoms with Crippen molar-refractivity contribution in [1.29, 1.82) is 0 Å². The van der Waals surface area contributed by atoms with Gasteiger partial charge < -0.3 is 10.6 Å². The summed E-state index contributed by atoms with van der Waals surface area (Å²) in [5.74, 6) is 0. The molecule has 4 heteroatoms. The van der Waals surface area contributed by atoms with Gasteiger partial charge in [-0.1, -0.05) is 36.5 Å². The summed E-state index contributed by atoms with van der Waals surface area (Å²) in [6.07, 6.45) is 4.02. The zero-order chi connectivity index (χ0) is 13.9. The predicted octanol–water partition coefficient (Wildman–Crippen LogP) is 2.32. The molecule has 0 bridgehead atoms. The molecular formula is C16H17N3S. The number of rotatable bonds is 2. The maximum atomic E-state index is 5.58. The van der Waals surface area contributed by atoms with Crippen LogP contribution in [0.4, 0.5) is 5.69 Å². The Morgan fingerprint density at radius 2 is 1.70 bits per heavy atom. The van der Waals surface area contributed by atoms with Gasteiger partial charge in [-0.05, 0) is 36.1 Å². The summed E-state index contributed by atoms with van der Waals surface area (Å²) in [7, 11) is 0. The van der Waals surface area contributed by atoms with Gasteiger partial charge in [0.25, 0.3) is 0 Å². The predicted molar refractivity (Wildman–Crippen MR) is 86.2 cm³/mol. The highest BCUT2D eigenvalue weighted by Crippen LogP contribution is 2.20. The van der Waals surface area contributed by atoms with Gasteiger partial charge in [-0.15, -0.1) is 0 Å². The van der Waals surface area contributed by atoms with E-state index in [1.165, 1.54) is 11.1 Å². The summed E-state index contributed by atoms with van der Waals surface area (Å²) in [6, 6.07) is 12.6. The van der Waals surface area contributed by atoms with Crippen LogP contribution < -0.4 is 10.6 Å². The van der Waals surface area contributed by atoms with Crippen LogP contribution in [0.5, 0.6) is 0 Å². The summed E-state index contributed by atoms with van der Waals surface area (Å²) in [5, 5.41) is 0. The van der Waals surface area contributed by atoms with Gasteiger partial charge in [0.15, 0.2) is 0 Å². The average Bonchev–Trinajstić information content (AvgIpc) is 2.70. The van der Waals surface area contributed by atoms with Gasteiger partial charge in [-0.25, -0.2) is 0 Å². The Bertz CT molecular complexity index is 595. The molecule has 0 saturated carbocycles. The quantitative estimate of drug-likeness (QED) is 0.859. The van der Waals surface area contributed by atoms with Crippen LogP contribution in [-0.4, -0.2) is 23.1 Å². The molecule has 0 amide bonds. The number of aromatic nitrogens is 1. The van der Waals surface area contributed by atoms with Crippen molar-refractivity contribution in [3.05, 3.63) is 59.4 Å². The Kier molecular flexibility index (Phi) is 3.65. The van der Waals surface area contributed by atoms with Crippen LogP contribution in [0.15, 0.2) is 42.6 Å². The Balaban J connectivity index is 1.78. The smallest absolute Gasteiger partial charge is 0.122 e. The first kappa shape index (κ1) is 13.1. The monoisotopic (exact) mass is 283 g/mol. The van der Waals surface area contributed by atoms with E-state index in [9.17, 15) is 0 Å². The zero-order valence-corrected chi connectivity index (χ0v) is 12.1. The molecule has 20 heavy (non-hydrogen) atoms. The molecular weight excluding hydrogens is 266 g/mol. The molecule has 2 heterocycles. The maximum absolute atomic E-state index is 5.58. The van der Waals surface area contributed by atoms with Crippen molar-refractivity contribution in [3.8, 4) is 0 Å². The van der Waals surface area contributed by atoms with Gasteiger partial charge in [0.05, 0.1) is 17.6 Å². The molecule has 3 nitrogen and oxygen atoms in total. The van der Waals surface area contributed by atoms with E-state index in [4.69, 9.17) is 18.0 Å². The molecule has 3 rings (SSSR count). The van der Waals surface area contributed by atoms with Gasteiger partial charge in [0.2, 0.25) is 0 Å². The molecule has 0 fully saturated rings. The minimum absolute atomic E-state index is 0.347. The van der Waals surface area contributed by atoms with Crippen molar-refractivity contribution in [3.63, 3.8) is 0 Å². The minimum atomic E-state index is 0.347. The molecule has 1 aromatic carbocycles. The second kappa shape index (κ2) is 5.59. The number of hydrogen-bond donors (Lipinski definition) is 1. The summed E-state index contributed by atoms with van der Waals surface area (Å²) in [6.45, 7) is 2.04. The van der Waals surface area contributed by atoms with E-state index in [2.05, 4.69) is 40.2 Å². The Hall–Kier alpha value is -1.94. The Labute approximate surface area is 124 Å². The summed E-state index contributed by atoms with van der Waals surface area (Å²) >= 11 is 4.93. The third kappa shape index (κ3) is 2.65. The molecule has 0 atom stereocenters. The van der Waals surface area contributed by atoms with Gasteiger partial charge in [-0.2, -0.15) is 0 Å². The van der Waals surface area contributed by atoms with Crippen LogP contribution in [-0.2, 0) is 12.8 Å². The second-order valence-electron chi connectivity index (χ2n) is 5.02. The molecule has 2 N–H and O–H groups in total. The lowest BCUT2D eigenvalue weighted by atomic mass is 10.0. The van der Waals surface area contributed by atoms with Gasteiger partial charge in [0.1, 0.15) is 4.99 Å². The number of nitrogens with two attached hydrogens (primary N) is 1. The zero-order valence-electron chi connectivity index (χ0n) is 11.2. The number of fused-ring (bicyclic) bond motifs is 1. The van der Waals surface area contributed by atoms with Crippen LogP contribution >= 0.6 is 12.2 Å². The average molecular weight is 283 g/mol. The van der Waals surface area contributed by atoms with Crippen molar-refractivity contribution in [2.75, 3.05) is 18.0 Å². The molecule has 0 aliphatic carbocycles. The van der Waals surface area contributed by atoms with Crippen LogP contribution in [0.1, 0.15) is 16.8 Å². The van der Waals surface area contributed by atoms with Crippen molar-refractivity contribution in [2.45, 2.75) is 12.8 Å². The van der Waals surface area contributed by atoms with E-state index in [1.807, 2.05) is 12.3 Å². The van der Waals surface area contributed by atoms with Crippen LogP contribution in [0.3, 0.4) is 0 Å². The fourth-order valence-electron chi connectivity index (χ4n) is 2.64. The van der Waals surface area contributed by atoms with E-state index >= 15 is 0 Å². The maximum Gasteiger partial charge on any atom is 0.122 e. The highest BCUT2D eigenvalue weighted by molar-refractivity contribution is 7.80. The summed E-state index contributed by atoms with van der Waals surface area (Å²) in [5.41, 5.74) is 10.3. The third-order valence-corrected chi connectivity index (χ3v) is 4.00. The second-order valence-corrected chi connectivity index (χ2v) is 5.46. The van der Waals surface area contributed by atoms with Gasteiger partial charge >= 0.3 is 0 Å². The number of anilines is 1. The number of nitrogens with zero attached hydrogens (tertiary/aromatic N) is 2. The molecule has 1 aliphatic heterocycles. The fraction of sp³-hybridized carbons (Fsp3) is 0.250. The van der Waals surface area contributed by atoms with Crippen molar-refractivity contribution in [1.82, 2.24) is 4.98 Å². The third-order valence-electron chi connectivity index (χ3n) is 3.79. The van der Waals surface area contributed by atoms with Gasteiger partial charge in [-0.3, -0.25) is 4.98 Å². The molecule has 1 aliphatic rings. The number of thiocarbonyl (C=S) groups is 1. The number of benzene rings is 1. The first-order valence-corrected chi connectivity index (χ1v) is 7.22. The number of hydrogen-bond acceptors (Lipinski definition) is 3. The van der Waals surface area contributed by atoms with E-state index in [-0.39, 0.29) is 0 Å². The van der Waals surface area contributed by atoms with Gasteiger partial charge in [0, 0.05) is 13.1 Å². The van der Waals surface area contributed by atoms with Crippen LogP contribution in [0.2, 0.25) is 0 Å². The fourth-order valence-corrected chi connectivity index (χ4v) is 2.77. The first-order chi connectivity index (χ1) is 9.74. The molecule has 2 aromatic rings. The van der Waals surface area contributed by atoms with E-state index in [1.54, 1.807) is 0 Å². The molecule has 0 saturated heterocycles. The molecule has 1 aromatic heterocycles. The number of pyridine rings is 1. The lowest BCUT2D eigenvalue weighted by molar-refractivity contribution is 0.803. The largest absolute Gasteiger partial charge is 0.388 e. The lowest BCUT2D eigenvalue weighted by Crippen LogP contribution is -2.26. The topological polar surface area (TPSA) is 42.1 Å². The minimum Gasteiger partial charge on any atom is -0.388 e. The normalized spacial score (nSPS) is 14.5. The van der Waals surface area contributed by atoms with Crippen LogP contribution in [0, 0.1) is 0 Å². The molecule has 0 spiro atoms. The van der Waals surface area contributed by atoms with Crippen molar-refractivity contribution in [2.24, 2.45) is 5.73 Å². The van der Waals surface area contributed by atoms with Crippen molar-refractivity contribution < 1.29 is 0 Å². The lowest BCUT2D eigenvalue weighted by Gasteiger charge is -2.22. The Morgan fingerprint density at radius 1 is 1.05 bits per heavy atom. The van der Waals surface area contributed by atoms with E-state index in [0.717, 1.165) is 31.6 Å². The highest BCUT2D eigenvalue weighted by atomic mass is 32.1. The molecule has 0 unspecified atom stereocenters. The van der Waals surface area contributed by atoms with Crippen molar-refractivity contribution >= 4 is 22.9 Å². The standard InChI is InChI=1S/C16H17N3S/c17-16(20)15-6-5-14(11-18-15)19-9-7-12-3-1-2-4-13(12)8-10-19/h1-6,11H,7-10H2,(H2,17,20). The van der Waals surface area contributed by atoms with E-state index in [0.29, 0.717) is 10.7 Å². The summed E-state index contributed by atoms with van der Waals surface area (Å²) < 4.78 is 0. The van der Waals surface area contributed by atoms with E-state index < -0.39 is 0 Å². The Morgan fingerprint density at radius 3 is 2.20 bits per heavy atom. The highest BCUT2D eigenvalue weighted by Gasteiger charge is 2.14. The SMILES string of the molecule is NC(=S)c1ccc(N2CCc3ccccc3CC2)cn1. The summed E-state index contributed by atoms with van der Waals surface area (Å²) in [4.78, 5) is 7.04. The molecule has 102 valence electrons. The molecule has 0 radical (unpaired) electrons. The van der Waals surface area contributed by atoms with Crippen LogP contribution in [0.25, 0.3) is 0 Å².